The lowest BCUT2D eigenvalue weighted by atomic mass is 9.85. The monoisotopic (exact) mass is 537 g/mol. The molecule has 1 aromatic heterocycles. The maximum Gasteiger partial charge on any atom is 0.241 e. The Labute approximate surface area is 218 Å². The van der Waals surface area contributed by atoms with Gasteiger partial charge in [-0.25, -0.2) is 26.7 Å². The van der Waals surface area contributed by atoms with E-state index in [1.165, 1.54) is 19.3 Å². The third-order valence-corrected chi connectivity index (χ3v) is 10.2. The van der Waals surface area contributed by atoms with E-state index in [9.17, 15) is 16.8 Å². The van der Waals surface area contributed by atoms with Crippen molar-refractivity contribution in [3.8, 4) is 11.3 Å². The Bertz CT molecular complexity index is 1310. The van der Waals surface area contributed by atoms with Crippen molar-refractivity contribution in [3.05, 3.63) is 35.5 Å². The predicted octanol–water partition coefficient (Wildman–Crippen LogP) is 5.46. The first-order chi connectivity index (χ1) is 16.5. The van der Waals surface area contributed by atoms with Gasteiger partial charge in [-0.05, 0) is 80.7 Å². The molecule has 1 heterocycles. The lowest BCUT2D eigenvalue weighted by molar-refractivity contribution is 0.318. The number of rotatable bonds is 8. The lowest BCUT2D eigenvalue weighted by Gasteiger charge is -2.28. The molecule has 1 saturated carbocycles. The number of primary sulfonamides is 1. The first kappa shape index (κ1) is 28.9. The molecule has 0 spiro atoms. The molecule has 0 bridgehead atoms. The Morgan fingerprint density at radius 1 is 0.972 bits per heavy atom. The van der Waals surface area contributed by atoms with E-state index in [0.29, 0.717) is 30.1 Å². The van der Waals surface area contributed by atoms with Crippen LogP contribution < -0.4 is 9.86 Å². The Hall–Kier alpha value is -1.68. The van der Waals surface area contributed by atoms with Gasteiger partial charge in [0, 0.05) is 23.5 Å². The second-order valence-electron chi connectivity index (χ2n) is 11.9. The van der Waals surface area contributed by atoms with Crippen molar-refractivity contribution in [2.45, 2.75) is 114 Å². The van der Waals surface area contributed by atoms with Crippen LogP contribution >= 0.6 is 0 Å². The van der Waals surface area contributed by atoms with Crippen molar-refractivity contribution in [2.75, 3.05) is 0 Å². The van der Waals surface area contributed by atoms with Crippen molar-refractivity contribution in [3.63, 3.8) is 0 Å². The van der Waals surface area contributed by atoms with Gasteiger partial charge in [0.25, 0.3) is 0 Å². The average Bonchev–Trinajstić information content (AvgIpc) is 3.09. The van der Waals surface area contributed by atoms with Crippen LogP contribution in [-0.2, 0) is 32.0 Å². The van der Waals surface area contributed by atoms with Crippen LogP contribution in [0.2, 0.25) is 0 Å². The molecule has 0 saturated heterocycles. The van der Waals surface area contributed by atoms with Crippen LogP contribution in [0.5, 0.6) is 0 Å². The Morgan fingerprint density at radius 2 is 1.58 bits per heavy atom. The minimum atomic E-state index is -3.90. The van der Waals surface area contributed by atoms with Gasteiger partial charge in [-0.15, -0.1) is 0 Å². The number of nitrogens with one attached hydrogen (secondary N) is 1. The summed E-state index contributed by atoms with van der Waals surface area (Å²) in [5.74, 6) is 0.471. The zero-order valence-electron chi connectivity index (χ0n) is 22.8. The van der Waals surface area contributed by atoms with Crippen molar-refractivity contribution < 1.29 is 16.8 Å². The van der Waals surface area contributed by atoms with Crippen LogP contribution in [0.15, 0.2) is 34.1 Å². The van der Waals surface area contributed by atoms with Crippen LogP contribution in [-0.4, -0.2) is 26.9 Å². The van der Waals surface area contributed by atoms with Gasteiger partial charge in [-0.1, -0.05) is 53.0 Å². The molecule has 3 rings (SSSR count). The fraction of sp³-hybridized carbons (Fsp3) is 0.630. The zero-order chi connectivity index (χ0) is 27.1. The summed E-state index contributed by atoms with van der Waals surface area (Å²) in [4.78, 5) is 0.364. The molecule has 1 aliphatic carbocycles. The number of nitrogens with two attached hydrogens (primary N) is 1. The van der Waals surface area contributed by atoms with E-state index in [2.05, 4.69) is 9.29 Å². The number of hydrogen-bond donors (Lipinski definition) is 2. The molecule has 202 valence electrons. The predicted molar refractivity (Wildman–Crippen MR) is 146 cm³/mol. The van der Waals surface area contributed by atoms with Crippen molar-refractivity contribution >= 4 is 20.0 Å². The minimum absolute atomic E-state index is 0.119. The highest BCUT2D eigenvalue weighted by Crippen LogP contribution is 2.37. The van der Waals surface area contributed by atoms with E-state index in [-0.39, 0.29) is 9.79 Å². The fourth-order valence-electron chi connectivity index (χ4n) is 5.01. The van der Waals surface area contributed by atoms with E-state index in [1.807, 2.05) is 47.6 Å². The van der Waals surface area contributed by atoms with Crippen molar-refractivity contribution in [2.24, 2.45) is 11.1 Å². The van der Waals surface area contributed by atoms with Gasteiger partial charge in [0.05, 0.1) is 4.90 Å². The molecule has 0 radical (unpaired) electrons. The third-order valence-electron chi connectivity index (χ3n) is 7.46. The first-order valence-corrected chi connectivity index (χ1v) is 15.9. The Balaban J connectivity index is 2.19. The van der Waals surface area contributed by atoms with Gasteiger partial charge in [-0.2, -0.15) is 0 Å². The summed E-state index contributed by atoms with van der Waals surface area (Å²) in [6, 6.07) is 6.96. The molecular weight excluding hydrogens is 494 g/mol. The van der Waals surface area contributed by atoms with Gasteiger partial charge in [0.2, 0.25) is 20.0 Å². The Kier molecular flexibility index (Phi) is 8.21. The van der Waals surface area contributed by atoms with Crippen LogP contribution in [0.3, 0.4) is 0 Å². The summed E-state index contributed by atoms with van der Waals surface area (Å²) in [5, 5.41) is 5.57. The van der Waals surface area contributed by atoms with E-state index in [0.717, 1.165) is 24.1 Å². The highest BCUT2D eigenvalue weighted by molar-refractivity contribution is 7.89. The van der Waals surface area contributed by atoms with E-state index >= 15 is 0 Å². The standard InChI is InChI=1S/C27H43N3O4S2/c1-8-27(6,7)29-36(33,34)24-15-14-21(16-22(24)26(3,4)5)23-17-25(35(28,31)32)19(2)30(23)18-20-12-10-9-11-13-20/h14-17,20,29H,8-13,18H2,1-7H3,(H2,28,31,32). The van der Waals surface area contributed by atoms with Gasteiger partial charge < -0.3 is 4.57 Å². The summed E-state index contributed by atoms with van der Waals surface area (Å²) in [5.41, 5.74) is 1.79. The smallest absolute Gasteiger partial charge is 0.241 e. The van der Waals surface area contributed by atoms with E-state index in [4.69, 9.17) is 5.14 Å². The minimum Gasteiger partial charge on any atom is -0.343 e. The largest absolute Gasteiger partial charge is 0.343 e. The van der Waals surface area contributed by atoms with Crippen LogP contribution in [0.1, 0.15) is 91.3 Å². The molecule has 7 nitrogen and oxygen atoms in total. The van der Waals surface area contributed by atoms with E-state index in [1.54, 1.807) is 25.1 Å². The molecule has 1 fully saturated rings. The highest BCUT2D eigenvalue weighted by Gasteiger charge is 2.31. The molecule has 36 heavy (non-hydrogen) atoms. The lowest BCUT2D eigenvalue weighted by Crippen LogP contribution is -2.43. The molecule has 0 aliphatic heterocycles. The second kappa shape index (κ2) is 10.2. The molecule has 1 aromatic carbocycles. The van der Waals surface area contributed by atoms with Gasteiger partial charge in [0.1, 0.15) is 4.90 Å². The molecule has 1 aliphatic rings. The Morgan fingerprint density at radius 3 is 2.11 bits per heavy atom. The molecule has 0 unspecified atom stereocenters. The number of hydrogen-bond acceptors (Lipinski definition) is 4. The summed E-state index contributed by atoms with van der Waals surface area (Å²) < 4.78 is 56.5. The zero-order valence-corrected chi connectivity index (χ0v) is 24.4. The topological polar surface area (TPSA) is 111 Å². The summed E-state index contributed by atoms with van der Waals surface area (Å²) in [6.07, 6.45) is 6.49. The van der Waals surface area contributed by atoms with Gasteiger partial charge in [-0.3, -0.25) is 0 Å². The summed E-state index contributed by atoms with van der Waals surface area (Å²) in [7, 11) is -7.68. The third kappa shape index (κ3) is 6.41. The summed E-state index contributed by atoms with van der Waals surface area (Å²) in [6.45, 7) is 14.1. The molecule has 0 amide bonds. The highest BCUT2D eigenvalue weighted by atomic mass is 32.2. The maximum absolute atomic E-state index is 13.4. The quantitative estimate of drug-likeness (QED) is 0.466. The van der Waals surface area contributed by atoms with Gasteiger partial charge >= 0.3 is 0 Å². The number of nitrogens with zero attached hydrogens (tertiary/aromatic N) is 1. The number of sulfonamides is 2. The van der Waals surface area contributed by atoms with Crippen molar-refractivity contribution in [1.82, 2.24) is 9.29 Å². The van der Waals surface area contributed by atoms with Crippen LogP contribution in [0, 0.1) is 12.8 Å². The number of benzene rings is 1. The van der Waals surface area contributed by atoms with E-state index < -0.39 is 31.0 Å². The molecule has 0 atom stereocenters. The second-order valence-corrected chi connectivity index (χ2v) is 15.1. The first-order valence-electron chi connectivity index (χ1n) is 12.9. The molecular formula is C27H43N3O4S2. The van der Waals surface area contributed by atoms with Crippen LogP contribution in [0.4, 0.5) is 0 Å². The van der Waals surface area contributed by atoms with Gasteiger partial charge in [0.15, 0.2) is 0 Å². The SMILES string of the molecule is CCC(C)(C)NS(=O)(=O)c1ccc(-c2cc(S(N)(=O)=O)c(C)n2CC2CCCCC2)cc1C(C)(C)C. The molecule has 3 N–H and O–H groups in total. The average molecular weight is 538 g/mol. The molecule has 9 heteroatoms. The fourth-order valence-corrected chi connectivity index (χ4v) is 7.69. The maximum atomic E-state index is 13.4. The number of aromatic nitrogens is 1. The van der Waals surface area contributed by atoms with Crippen molar-refractivity contribution in [1.29, 1.82) is 0 Å². The molecule has 2 aromatic rings. The van der Waals surface area contributed by atoms with Crippen LogP contribution in [0.25, 0.3) is 11.3 Å². The normalized spacial score (nSPS) is 16.4. The summed E-state index contributed by atoms with van der Waals surface area (Å²) >= 11 is 0.